The van der Waals surface area contributed by atoms with Crippen LogP contribution in [0.25, 0.3) is 11.1 Å². The number of carbonyl (C=O) groups is 1. The Morgan fingerprint density at radius 1 is 1.06 bits per heavy atom. The molecule has 1 amide bonds. The van der Waals surface area contributed by atoms with Crippen LogP contribution in [0.4, 0.5) is 0 Å². The number of fused-ring (bicyclic) bond motifs is 1. The molecule has 0 saturated carbocycles. The number of oxazole rings is 1. The van der Waals surface area contributed by atoms with Crippen molar-refractivity contribution in [2.45, 2.75) is 43.7 Å². The van der Waals surface area contributed by atoms with E-state index in [1.165, 1.54) is 27.1 Å². The van der Waals surface area contributed by atoms with E-state index in [4.69, 9.17) is 16.0 Å². The third kappa shape index (κ3) is 4.74. The lowest BCUT2D eigenvalue weighted by atomic mass is 10.2. The van der Waals surface area contributed by atoms with Crippen molar-refractivity contribution in [1.29, 1.82) is 0 Å². The van der Waals surface area contributed by atoms with Gasteiger partial charge in [-0.15, -0.1) is 0 Å². The Bertz CT molecular complexity index is 1290. The molecule has 8 nitrogen and oxygen atoms in total. The first kappa shape index (κ1) is 22.6. The predicted octanol–water partition coefficient (Wildman–Crippen LogP) is 3.13. The van der Waals surface area contributed by atoms with E-state index in [0.717, 1.165) is 31.2 Å². The highest BCUT2D eigenvalue weighted by Crippen LogP contribution is 2.24. The average Bonchev–Trinajstić information content (AvgIpc) is 2.95. The van der Waals surface area contributed by atoms with Crippen LogP contribution in [0.15, 0.2) is 56.6 Å². The zero-order valence-electron chi connectivity index (χ0n) is 17.4. The lowest BCUT2D eigenvalue weighted by Crippen LogP contribution is -2.32. The van der Waals surface area contributed by atoms with E-state index in [1.807, 2.05) is 6.07 Å². The second-order valence-electron chi connectivity index (χ2n) is 7.77. The molecule has 2 aromatic carbocycles. The number of carbonyl (C=O) groups excluding carboxylic acids is 1. The molecule has 0 unspecified atom stereocenters. The maximum absolute atomic E-state index is 13.0. The number of aromatic nitrogens is 1. The summed E-state index contributed by atoms with van der Waals surface area (Å²) < 4.78 is 34.0. The fourth-order valence-corrected chi connectivity index (χ4v) is 5.56. The van der Waals surface area contributed by atoms with Crippen LogP contribution < -0.4 is 11.1 Å². The fraction of sp³-hybridized carbons (Fsp3) is 0.364. The molecule has 1 N–H and O–H groups in total. The summed E-state index contributed by atoms with van der Waals surface area (Å²) in [5.74, 6) is -1.12. The molecule has 1 saturated heterocycles. The molecular formula is C22H24ClN3O5S. The van der Waals surface area contributed by atoms with Crippen LogP contribution in [0.2, 0.25) is 5.02 Å². The Hall–Kier alpha value is -2.62. The van der Waals surface area contributed by atoms with Gasteiger partial charge in [-0.2, -0.15) is 4.31 Å². The summed E-state index contributed by atoms with van der Waals surface area (Å²) >= 11 is 6.10. The first-order valence-corrected chi connectivity index (χ1v) is 12.3. The van der Waals surface area contributed by atoms with Gasteiger partial charge in [-0.25, -0.2) is 13.2 Å². The third-order valence-corrected chi connectivity index (χ3v) is 7.84. The quantitative estimate of drug-likeness (QED) is 0.587. The molecule has 2 heterocycles. The van der Waals surface area contributed by atoms with Gasteiger partial charge in [-0.05, 0) is 36.6 Å². The molecule has 1 aliphatic rings. The van der Waals surface area contributed by atoms with Gasteiger partial charge in [-0.3, -0.25) is 9.36 Å². The van der Waals surface area contributed by atoms with Crippen LogP contribution in [0, 0.1) is 0 Å². The van der Waals surface area contributed by atoms with Gasteiger partial charge >= 0.3 is 5.76 Å². The van der Waals surface area contributed by atoms with E-state index in [0.29, 0.717) is 23.6 Å². The van der Waals surface area contributed by atoms with Crippen molar-refractivity contribution >= 4 is 38.6 Å². The van der Waals surface area contributed by atoms with Gasteiger partial charge in [-0.1, -0.05) is 42.6 Å². The first-order valence-electron chi connectivity index (χ1n) is 10.5. The largest absolute Gasteiger partial charge is 0.420 e. The molecule has 32 heavy (non-hydrogen) atoms. The molecule has 1 fully saturated rings. The molecule has 0 atom stereocenters. The Labute approximate surface area is 190 Å². The number of hydrogen-bond acceptors (Lipinski definition) is 5. The molecule has 0 radical (unpaired) electrons. The second kappa shape index (κ2) is 9.48. The number of hydrogen-bond donors (Lipinski definition) is 1. The van der Waals surface area contributed by atoms with E-state index >= 15 is 0 Å². The van der Waals surface area contributed by atoms with E-state index < -0.39 is 21.7 Å². The standard InChI is InChI=1S/C22H24ClN3O5S/c23-18-8-4-3-7-16(18)14-24-21(27)15-26-19-10-9-17(13-20(19)31-22(26)28)32(29,30)25-11-5-1-2-6-12-25/h3-4,7-10,13H,1-2,5-6,11-12,14-15H2,(H,24,27). The van der Waals surface area contributed by atoms with E-state index in [2.05, 4.69) is 5.32 Å². The molecule has 10 heteroatoms. The summed E-state index contributed by atoms with van der Waals surface area (Å²) in [4.78, 5) is 24.8. The van der Waals surface area contributed by atoms with Crippen molar-refractivity contribution in [2.75, 3.05) is 13.1 Å². The Kier molecular flexibility index (Phi) is 6.68. The predicted molar refractivity (Wildman–Crippen MR) is 121 cm³/mol. The average molecular weight is 478 g/mol. The number of nitrogens with zero attached hydrogens (tertiary/aromatic N) is 2. The van der Waals surface area contributed by atoms with E-state index in [-0.39, 0.29) is 23.6 Å². The molecule has 170 valence electrons. The Morgan fingerprint density at radius 3 is 2.50 bits per heavy atom. The van der Waals surface area contributed by atoms with Gasteiger partial charge in [0.25, 0.3) is 0 Å². The lowest BCUT2D eigenvalue weighted by molar-refractivity contribution is -0.121. The topological polar surface area (TPSA) is 102 Å². The zero-order valence-corrected chi connectivity index (χ0v) is 19.0. The minimum absolute atomic E-state index is 0.0796. The number of nitrogens with one attached hydrogen (secondary N) is 1. The molecule has 0 bridgehead atoms. The highest BCUT2D eigenvalue weighted by molar-refractivity contribution is 7.89. The second-order valence-corrected chi connectivity index (χ2v) is 10.1. The molecule has 1 aliphatic heterocycles. The van der Waals surface area contributed by atoms with Crippen molar-refractivity contribution in [2.24, 2.45) is 0 Å². The van der Waals surface area contributed by atoms with Crippen LogP contribution in [0.5, 0.6) is 0 Å². The fourth-order valence-electron chi connectivity index (χ4n) is 3.82. The minimum atomic E-state index is -3.68. The smallest absolute Gasteiger partial charge is 0.408 e. The number of halogens is 1. The first-order chi connectivity index (χ1) is 15.4. The molecule has 1 aromatic heterocycles. The summed E-state index contributed by atoms with van der Waals surface area (Å²) in [5.41, 5.74) is 1.25. The van der Waals surface area contributed by atoms with Crippen LogP contribution in [0.3, 0.4) is 0 Å². The maximum atomic E-state index is 13.0. The van der Waals surface area contributed by atoms with Crippen LogP contribution in [-0.4, -0.2) is 36.3 Å². The summed E-state index contributed by atoms with van der Waals surface area (Å²) in [6.45, 7) is 0.934. The number of sulfonamides is 1. The Balaban J connectivity index is 1.53. The third-order valence-electron chi connectivity index (χ3n) is 5.58. The lowest BCUT2D eigenvalue weighted by Gasteiger charge is -2.19. The van der Waals surface area contributed by atoms with Crippen molar-refractivity contribution < 1.29 is 17.6 Å². The maximum Gasteiger partial charge on any atom is 0.420 e. The molecule has 0 spiro atoms. The van der Waals surface area contributed by atoms with Gasteiger partial charge in [0.2, 0.25) is 15.9 Å². The molecule has 0 aliphatic carbocycles. The molecular weight excluding hydrogens is 454 g/mol. The highest BCUT2D eigenvalue weighted by Gasteiger charge is 2.26. The Morgan fingerprint density at radius 2 is 1.78 bits per heavy atom. The van der Waals surface area contributed by atoms with Crippen LogP contribution in [-0.2, 0) is 27.9 Å². The van der Waals surface area contributed by atoms with Crippen LogP contribution in [0.1, 0.15) is 31.2 Å². The van der Waals surface area contributed by atoms with Crippen molar-refractivity contribution in [3.8, 4) is 0 Å². The van der Waals surface area contributed by atoms with Crippen molar-refractivity contribution in [3.05, 3.63) is 63.6 Å². The van der Waals surface area contributed by atoms with Crippen molar-refractivity contribution in [1.82, 2.24) is 14.2 Å². The monoisotopic (exact) mass is 477 g/mol. The summed E-state index contributed by atoms with van der Waals surface area (Å²) in [7, 11) is -3.68. The zero-order chi connectivity index (χ0) is 22.7. The van der Waals surface area contributed by atoms with Crippen molar-refractivity contribution in [3.63, 3.8) is 0 Å². The normalized spacial score (nSPS) is 15.5. The summed E-state index contributed by atoms with van der Waals surface area (Å²) in [6.07, 6.45) is 3.69. The molecule has 4 rings (SSSR count). The van der Waals surface area contributed by atoms with Gasteiger partial charge in [0.15, 0.2) is 5.58 Å². The SMILES string of the molecule is O=C(Cn1c(=O)oc2cc(S(=O)(=O)N3CCCCCC3)ccc21)NCc1ccccc1Cl. The number of amides is 1. The number of benzene rings is 2. The highest BCUT2D eigenvalue weighted by atomic mass is 35.5. The minimum Gasteiger partial charge on any atom is -0.408 e. The number of rotatable bonds is 6. The van der Waals surface area contributed by atoms with Gasteiger partial charge in [0.05, 0.1) is 10.4 Å². The van der Waals surface area contributed by atoms with E-state index in [9.17, 15) is 18.0 Å². The summed E-state index contributed by atoms with van der Waals surface area (Å²) in [6, 6.07) is 11.5. The van der Waals surface area contributed by atoms with Gasteiger partial charge in [0, 0.05) is 30.7 Å². The van der Waals surface area contributed by atoms with E-state index in [1.54, 1.807) is 18.2 Å². The van der Waals surface area contributed by atoms with Gasteiger partial charge < -0.3 is 9.73 Å². The summed E-state index contributed by atoms with van der Waals surface area (Å²) in [5, 5.41) is 3.27. The van der Waals surface area contributed by atoms with Gasteiger partial charge in [0.1, 0.15) is 6.54 Å². The van der Waals surface area contributed by atoms with Crippen LogP contribution >= 0.6 is 11.6 Å². The molecule has 3 aromatic rings.